The highest BCUT2D eigenvalue weighted by molar-refractivity contribution is 7.07. The first-order valence-electron chi connectivity index (χ1n) is 10.3. The van der Waals surface area contributed by atoms with Crippen molar-refractivity contribution >= 4 is 17.2 Å². The number of aromatic nitrogens is 5. The molecule has 0 atom stereocenters. The largest absolute Gasteiger partial charge is 0.430 e. The third-order valence-electron chi connectivity index (χ3n) is 4.76. The molecule has 12 heteroatoms. The summed E-state index contributed by atoms with van der Waals surface area (Å²) in [5.41, 5.74) is -0.0763. The number of hydrogen-bond donors (Lipinski definition) is 2. The smallest absolute Gasteiger partial charge is 0.335 e. The zero-order chi connectivity index (χ0) is 24.1. The molecule has 0 spiro atoms. The van der Waals surface area contributed by atoms with Crippen molar-refractivity contribution in [2.75, 3.05) is 6.61 Å². The minimum Gasteiger partial charge on any atom is -0.430 e. The van der Waals surface area contributed by atoms with E-state index >= 15 is 0 Å². The molecule has 0 aliphatic rings. The Bertz CT molecular complexity index is 1450. The van der Waals surface area contributed by atoms with Gasteiger partial charge in [0, 0.05) is 24.7 Å². The van der Waals surface area contributed by atoms with Gasteiger partial charge in [-0.2, -0.15) is 9.36 Å². The molecule has 0 saturated carbocycles. The molecule has 2 heterocycles. The summed E-state index contributed by atoms with van der Waals surface area (Å²) in [5, 5.41) is 9.51. The van der Waals surface area contributed by atoms with Crippen LogP contribution >= 0.6 is 11.5 Å². The SMILES string of the molecule is Cc1nsc(Oc2ccc(/N=c3\[nH]c(=O)n(CCCO)c(=O)n3Cc3ccc(F)cc3)cc2)n1. The topological polar surface area (TPSA) is 127 Å². The van der Waals surface area contributed by atoms with Gasteiger partial charge >= 0.3 is 11.4 Å². The van der Waals surface area contributed by atoms with Crippen LogP contribution in [0, 0.1) is 12.7 Å². The van der Waals surface area contributed by atoms with Gasteiger partial charge in [-0.05, 0) is 55.3 Å². The molecule has 10 nitrogen and oxygen atoms in total. The Morgan fingerprint density at radius 1 is 1.12 bits per heavy atom. The molecule has 0 aliphatic heterocycles. The first kappa shape index (κ1) is 23.3. The summed E-state index contributed by atoms with van der Waals surface area (Å²) >= 11 is 1.14. The lowest BCUT2D eigenvalue weighted by Crippen LogP contribution is -2.50. The van der Waals surface area contributed by atoms with Crippen molar-refractivity contribution in [1.29, 1.82) is 0 Å². The summed E-state index contributed by atoms with van der Waals surface area (Å²) in [6.45, 7) is 1.71. The number of halogens is 1. The fraction of sp³-hybridized carbons (Fsp3) is 0.227. The molecule has 0 bridgehead atoms. The Hall–Kier alpha value is -3.90. The summed E-state index contributed by atoms with van der Waals surface area (Å²) in [5.74, 6) is 0.753. The highest BCUT2D eigenvalue weighted by Gasteiger charge is 2.10. The molecular formula is C22H21FN6O4S. The van der Waals surface area contributed by atoms with Crippen molar-refractivity contribution in [3.63, 3.8) is 0 Å². The lowest BCUT2D eigenvalue weighted by Gasteiger charge is -2.11. The van der Waals surface area contributed by atoms with E-state index in [2.05, 4.69) is 19.3 Å². The van der Waals surface area contributed by atoms with E-state index in [1.807, 2.05) is 0 Å². The Morgan fingerprint density at radius 3 is 2.50 bits per heavy atom. The Morgan fingerprint density at radius 2 is 1.85 bits per heavy atom. The van der Waals surface area contributed by atoms with Gasteiger partial charge in [0.25, 0.3) is 5.19 Å². The highest BCUT2D eigenvalue weighted by atomic mass is 32.1. The molecule has 0 fully saturated rings. The number of aromatic amines is 1. The number of nitrogens with one attached hydrogen (secondary N) is 1. The second-order valence-electron chi connectivity index (χ2n) is 7.29. The minimum atomic E-state index is -0.640. The second kappa shape index (κ2) is 10.4. The first-order chi connectivity index (χ1) is 16.4. The van der Waals surface area contributed by atoms with Crippen molar-refractivity contribution in [2.45, 2.75) is 26.4 Å². The van der Waals surface area contributed by atoms with Crippen molar-refractivity contribution in [3.05, 3.63) is 92.3 Å². The van der Waals surface area contributed by atoms with Crippen LogP contribution in [0.2, 0.25) is 0 Å². The molecule has 0 unspecified atom stereocenters. The standard InChI is InChI=1S/C22H21FN6O4S/c1-14-24-21(34-27-14)33-18-9-7-17(8-10-18)25-19-26-20(31)28(11-2-12-30)22(32)29(19)13-15-3-5-16(23)6-4-15/h3-10,30H,2,11-13H2,1H3,(H,25,26,31). The van der Waals surface area contributed by atoms with E-state index in [0.29, 0.717) is 28.0 Å². The van der Waals surface area contributed by atoms with Crippen LogP contribution in [0.3, 0.4) is 0 Å². The number of aliphatic hydroxyl groups excluding tert-OH is 1. The van der Waals surface area contributed by atoms with E-state index in [1.165, 1.54) is 16.7 Å². The normalized spacial score (nSPS) is 11.7. The van der Waals surface area contributed by atoms with Crippen LogP contribution in [0.5, 0.6) is 10.9 Å². The molecule has 0 saturated heterocycles. The maximum absolute atomic E-state index is 13.3. The van der Waals surface area contributed by atoms with Gasteiger partial charge < -0.3 is 9.84 Å². The number of aryl methyl sites for hydroxylation is 1. The van der Waals surface area contributed by atoms with E-state index in [-0.39, 0.29) is 31.7 Å². The molecule has 2 N–H and O–H groups in total. The lowest BCUT2D eigenvalue weighted by molar-refractivity contribution is 0.276. The van der Waals surface area contributed by atoms with Gasteiger partial charge in [0.2, 0.25) is 5.62 Å². The fourth-order valence-corrected chi connectivity index (χ4v) is 3.67. The Labute approximate surface area is 196 Å². The molecular weight excluding hydrogens is 463 g/mol. The number of rotatable bonds is 8. The Kier molecular flexibility index (Phi) is 7.09. The van der Waals surface area contributed by atoms with Crippen molar-refractivity contribution < 1.29 is 14.2 Å². The molecule has 0 aliphatic carbocycles. The second-order valence-corrected chi connectivity index (χ2v) is 8.01. The summed E-state index contributed by atoms with van der Waals surface area (Å²) in [6, 6.07) is 12.4. The van der Waals surface area contributed by atoms with E-state index in [4.69, 9.17) is 9.84 Å². The van der Waals surface area contributed by atoms with Crippen molar-refractivity contribution in [3.8, 4) is 10.9 Å². The van der Waals surface area contributed by atoms with E-state index < -0.39 is 17.2 Å². The number of hydrogen-bond acceptors (Lipinski definition) is 8. The Balaban J connectivity index is 1.72. The summed E-state index contributed by atoms with van der Waals surface area (Å²) in [7, 11) is 0. The van der Waals surface area contributed by atoms with Crippen LogP contribution in [0.15, 0.2) is 63.1 Å². The monoisotopic (exact) mass is 484 g/mol. The van der Waals surface area contributed by atoms with Gasteiger partial charge in [0.15, 0.2) is 0 Å². The number of H-pyrrole nitrogens is 1. The molecule has 4 rings (SSSR count). The molecule has 4 aromatic rings. The van der Waals surface area contributed by atoms with Gasteiger partial charge in [-0.25, -0.2) is 23.5 Å². The van der Waals surface area contributed by atoms with Crippen LogP contribution in [-0.2, 0) is 13.1 Å². The molecule has 176 valence electrons. The van der Waals surface area contributed by atoms with Gasteiger partial charge in [0.1, 0.15) is 17.4 Å². The number of ether oxygens (including phenoxy) is 1. The van der Waals surface area contributed by atoms with E-state index in [0.717, 1.165) is 16.1 Å². The zero-order valence-electron chi connectivity index (χ0n) is 18.1. The van der Waals surface area contributed by atoms with Crippen molar-refractivity contribution in [1.82, 2.24) is 23.5 Å². The minimum absolute atomic E-state index is 0.0352. The highest BCUT2D eigenvalue weighted by Crippen LogP contribution is 2.24. The first-order valence-corrected chi connectivity index (χ1v) is 11.1. The molecule has 0 amide bonds. The van der Waals surface area contributed by atoms with Crippen LogP contribution < -0.4 is 21.7 Å². The summed E-state index contributed by atoms with van der Waals surface area (Å²) in [4.78, 5) is 36.8. The van der Waals surface area contributed by atoms with Gasteiger partial charge in [-0.15, -0.1) is 0 Å². The predicted molar refractivity (Wildman–Crippen MR) is 123 cm³/mol. The summed E-state index contributed by atoms with van der Waals surface area (Å²) in [6.07, 6.45) is 0.242. The van der Waals surface area contributed by atoms with Gasteiger partial charge in [-0.1, -0.05) is 12.1 Å². The van der Waals surface area contributed by atoms with Crippen LogP contribution in [0.1, 0.15) is 17.8 Å². The van der Waals surface area contributed by atoms with Gasteiger partial charge in [-0.3, -0.25) is 9.55 Å². The molecule has 34 heavy (non-hydrogen) atoms. The van der Waals surface area contributed by atoms with Gasteiger partial charge in [0.05, 0.1) is 12.2 Å². The van der Waals surface area contributed by atoms with Crippen molar-refractivity contribution in [2.24, 2.45) is 4.99 Å². The maximum Gasteiger partial charge on any atom is 0.335 e. The molecule has 2 aromatic carbocycles. The predicted octanol–water partition coefficient (Wildman–Crippen LogP) is 2.09. The van der Waals surface area contributed by atoms with Crippen LogP contribution in [0.25, 0.3) is 0 Å². The molecule has 0 radical (unpaired) electrons. The molecule has 2 aromatic heterocycles. The number of benzene rings is 2. The van der Waals surface area contributed by atoms with Crippen LogP contribution in [0.4, 0.5) is 10.1 Å². The number of nitrogens with zero attached hydrogens (tertiary/aromatic N) is 5. The van der Waals surface area contributed by atoms with Crippen LogP contribution in [-0.4, -0.2) is 35.2 Å². The maximum atomic E-state index is 13.3. The lowest BCUT2D eigenvalue weighted by atomic mass is 10.2. The average molecular weight is 485 g/mol. The van der Waals surface area contributed by atoms with E-state index in [1.54, 1.807) is 43.3 Å². The average Bonchev–Trinajstić information content (AvgIpc) is 3.23. The third-order valence-corrected chi connectivity index (χ3v) is 5.45. The third kappa shape index (κ3) is 5.53. The summed E-state index contributed by atoms with van der Waals surface area (Å²) < 4.78 is 25.3. The fourth-order valence-electron chi connectivity index (χ4n) is 3.11. The zero-order valence-corrected chi connectivity index (χ0v) is 19.0. The number of aliphatic hydroxyl groups is 1. The van der Waals surface area contributed by atoms with E-state index in [9.17, 15) is 14.0 Å². The quantitative estimate of drug-likeness (QED) is 0.394.